The second-order valence-electron chi connectivity index (χ2n) is 4.28. The Morgan fingerprint density at radius 3 is 2.38 bits per heavy atom. The van der Waals surface area contributed by atoms with Crippen LogP contribution in [0.1, 0.15) is 12.5 Å². The van der Waals surface area contributed by atoms with Gasteiger partial charge in [0.25, 0.3) is 0 Å². The lowest BCUT2D eigenvalue weighted by molar-refractivity contribution is 0.0176. The molecule has 0 radical (unpaired) electrons. The van der Waals surface area contributed by atoms with E-state index < -0.39 is 0 Å². The summed E-state index contributed by atoms with van der Waals surface area (Å²) in [4.78, 5) is 8.45. The van der Waals surface area contributed by atoms with Crippen molar-refractivity contribution in [3.63, 3.8) is 0 Å². The van der Waals surface area contributed by atoms with E-state index in [1.54, 1.807) is 13.3 Å². The molecule has 1 rings (SSSR count). The maximum absolute atomic E-state index is 5.59. The van der Waals surface area contributed by atoms with Gasteiger partial charge in [0, 0.05) is 25.4 Å². The summed E-state index contributed by atoms with van der Waals surface area (Å²) in [5.41, 5.74) is 0.902. The lowest BCUT2D eigenvalue weighted by Crippen LogP contribution is -2.13. The Bertz CT molecular complexity index is 390. The molecule has 1 N–H and O–H groups in total. The molecule has 0 unspecified atom stereocenters. The van der Waals surface area contributed by atoms with Crippen LogP contribution in [0.3, 0.4) is 0 Å². The molecule has 7 heteroatoms. The molecule has 0 saturated carbocycles. The zero-order valence-electron chi connectivity index (χ0n) is 13.1. The Balaban J connectivity index is 2.13. The SMILES string of the molecule is CCNc1ncc(C)c(OCCOCCOCCOC)n1. The fraction of sp³-hybridized carbons (Fsp3) is 0.714. The van der Waals surface area contributed by atoms with Crippen LogP contribution in [-0.2, 0) is 14.2 Å². The third-order valence-corrected chi connectivity index (χ3v) is 2.53. The van der Waals surface area contributed by atoms with Gasteiger partial charge in [0.05, 0.1) is 33.0 Å². The molecule has 0 aliphatic rings. The number of ether oxygens (including phenoxy) is 4. The lowest BCUT2D eigenvalue weighted by atomic mass is 10.4. The molecule has 0 aliphatic heterocycles. The van der Waals surface area contributed by atoms with Gasteiger partial charge in [-0.15, -0.1) is 0 Å². The van der Waals surface area contributed by atoms with Crippen molar-refractivity contribution in [3.8, 4) is 5.88 Å². The van der Waals surface area contributed by atoms with E-state index in [2.05, 4.69) is 15.3 Å². The van der Waals surface area contributed by atoms with Crippen LogP contribution in [0.2, 0.25) is 0 Å². The lowest BCUT2D eigenvalue weighted by Gasteiger charge is -2.10. The molecular formula is C14H25N3O4. The largest absolute Gasteiger partial charge is 0.475 e. The highest BCUT2D eigenvalue weighted by molar-refractivity contribution is 5.32. The third kappa shape index (κ3) is 7.79. The minimum Gasteiger partial charge on any atom is -0.475 e. The van der Waals surface area contributed by atoms with Crippen molar-refractivity contribution in [1.29, 1.82) is 0 Å². The monoisotopic (exact) mass is 299 g/mol. The van der Waals surface area contributed by atoms with Crippen LogP contribution < -0.4 is 10.1 Å². The van der Waals surface area contributed by atoms with E-state index in [0.717, 1.165) is 12.1 Å². The molecule has 0 aromatic carbocycles. The maximum atomic E-state index is 5.59. The first kappa shape index (κ1) is 17.6. The van der Waals surface area contributed by atoms with Gasteiger partial charge in [0.15, 0.2) is 0 Å². The van der Waals surface area contributed by atoms with Gasteiger partial charge in [0.2, 0.25) is 11.8 Å². The summed E-state index contributed by atoms with van der Waals surface area (Å²) in [5, 5.41) is 3.05. The zero-order chi connectivity index (χ0) is 15.3. The molecule has 0 amide bonds. The first-order valence-electron chi connectivity index (χ1n) is 7.12. The Hall–Kier alpha value is -1.44. The van der Waals surface area contributed by atoms with Gasteiger partial charge in [-0.3, -0.25) is 0 Å². The van der Waals surface area contributed by atoms with Crippen molar-refractivity contribution in [3.05, 3.63) is 11.8 Å². The number of aryl methyl sites for hydroxylation is 1. The van der Waals surface area contributed by atoms with E-state index in [9.17, 15) is 0 Å². The van der Waals surface area contributed by atoms with Crippen LogP contribution in [0.25, 0.3) is 0 Å². The van der Waals surface area contributed by atoms with Crippen molar-refractivity contribution in [2.24, 2.45) is 0 Å². The van der Waals surface area contributed by atoms with Gasteiger partial charge >= 0.3 is 0 Å². The summed E-state index contributed by atoms with van der Waals surface area (Å²) in [6.45, 7) is 7.90. The zero-order valence-corrected chi connectivity index (χ0v) is 13.1. The topological polar surface area (TPSA) is 74.7 Å². The van der Waals surface area contributed by atoms with Crippen molar-refractivity contribution in [2.75, 3.05) is 58.6 Å². The average molecular weight is 299 g/mol. The second-order valence-corrected chi connectivity index (χ2v) is 4.28. The van der Waals surface area contributed by atoms with Crippen LogP contribution in [0, 0.1) is 6.92 Å². The summed E-state index contributed by atoms with van der Waals surface area (Å²) in [5.74, 6) is 1.16. The Kier molecular flexibility index (Phi) is 9.43. The smallest absolute Gasteiger partial charge is 0.225 e. The number of rotatable bonds is 12. The standard InChI is InChI=1S/C14H25N3O4/c1-4-15-14-16-11-12(2)13(17-14)21-10-9-20-8-7-19-6-5-18-3/h11H,4-10H2,1-3H3,(H,15,16,17). The van der Waals surface area contributed by atoms with E-state index in [4.69, 9.17) is 18.9 Å². The summed E-state index contributed by atoms with van der Waals surface area (Å²) < 4.78 is 21.1. The first-order chi connectivity index (χ1) is 10.3. The quantitative estimate of drug-likeness (QED) is 0.583. The van der Waals surface area contributed by atoms with Crippen molar-refractivity contribution in [1.82, 2.24) is 9.97 Å². The number of nitrogens with one attached hydrogen (secondary N) is 1. The van der Waals surface area contributed by atoms with Crippen LogP contribution in [0.4, 0.5) is 5.95 Å². The number of methoxy groups -OCH3 is 1. The molecule has 0 fully saturated rings. The maximum Gasteiger partial charge on any atom is 0.225 e. The number of aromatic nitrogens is 2. The van der Waals surface area contributed by atoms with Crippen molar-refractivity contribution < 1.29 is 18.9 Å². The molecule has 21 heavy (non-hydrogen) atoms. The minimum absolute atomic E-state index is 0.446. The fourth-order valence-corrected chi connectivity index (χ4v) is 1.48. The predicted molar refractivity (Wildman–Crippen MR) is 79.9 cm³/mol. The third-order valence-electron chi connectivity index (χ3n) is 2.53. The molecule has 0 spiro atoms. The number of nitrogens with zero attached hydrogens (tertiary/aromatic N) is 2. The van der Waals surface area contributed by atoms with Gasteiger partial charge in [-0.05, 0) is 13.8 Å². The fourth-order valence-electron chi connectivity index (χ4n) is 1.48. The molecule has 0 bridgehead atoms. The van der Waals surface area contributed by atoms with Crippen molar-refractivity contribution in [2.45, 2.75) is 13.8 Å². The number of hydrogen-bond acceptors (Lipinski definition) is 7. The average Bonchev–Trinajstić information content (AvgIpc) is 2.49. The molecule has 1 heterocycles. The molecule has 0 atom stereocenters. The van der Waals surface area contributed by atoms with Crippen LogP contribution in [0.5, 0.6) is 5.88 Å². The molecular weight excluding hydrogens is 274 g/mol. The Morgan fingerprint density at radius 1 is 1.05 bits per heavy atom. The highest BCUT2D eigenvalue weighted by atomic mass is 16.6. The van der Waals surface area contributed by atoms with Crippen molar-refractivity contribution >= 4 is 5.95 Å². The first-order valence-corrected chi connectivity index (χ1v) is 7.12. The Labute approximate surface area is 126 Å². The van der Waals surface area contributed by atoms with E-state index in [-0.39, 0.29) is 0 Å². The second kappa shape index (κ2) is 11.2. The summed E-state index contributed by atoms with van der Waals surface area (Å²) >= 11 is 0. The molecule has 1 aromatic heterocycles. The predicted octanol–water partition coefficient (Wildman–Crippen LogP) is 1.28. The molecule has 7 nitrogen and oxygen atoms in total. The highest BCUT2D eigenvalue weighted by Gasteiger charge is 2.04. The van der Waals surface area contributed by atoms with Gasteiger partial charge in [-0.25, -0.2) is 4.98 Å². The minimum atomic E-state index is 0.446. The normalized spacial score (nSPS) is 10.6. The van der Waals surface area contributed by atoms with E-state index in [1.165, 1.54) is 0 Å². The summed E-state index contributed by atoms with van der Waals surface area (Å²) in [6.07, 6.45) is 1.74. The van der Waals surface area contributed by atoms with E-state index >= 15 is 0 Å². The van der Waals surface area contributed by atoms with Crippen LogP contribution in [-0.4, -0.2) is 63.3 Å². The molecule has 1 aromatic rings. The number of hydrogen-bond donors (Lipinski definition) is 1. The molecule has 0 saturated heterocycles. The number of anilines is 1. The highest BCUT2D eigenvalue weighted by Crippen LogP contribution is 2.14. The van der Waals surface area contributed by atoms with Gasteiger partial charge in [-0.1, -0.05) is 0 Å². The van der Waals surface area contributed by atoms with Gasteiger partial charge < -0.3 is 24.3 Å². The van der Waals surface area contributed by atoms with Gasteiger partial charge in [-0.2, -0.15) is 4.98 Å². The summed E-state index contributed by atoms with van der Waals surface area (Å²) in [6, 6.07) is 0. The van der Waals surface area contributed by atoms with E-state index in [1.807, 2.05) is 13.8 Å². The molecule has 0 aliphatic carbocycles. The van der Waals surface area contributed by atoms with Gasteiger partial charge in [0.1, 0.15) is 6.61 Å². The summed E-state index contributed by atoms with van der Waals surface area (Å²) in [7, 11) is 1.65. The van der Waals surface area contributed by atoms with Crippen LogP contribution in [0.15, 0.2) is 6.20 Å². The molecule has 120 valence electrons. The van der Waals surface area contributed by atoms with E-state index in [0.29, 0.717) is 51.5 Å². The van der Waals surface area contributed by atoms with Crippen LogP contribution >= 0.6 is 0 Å². The Morgan fingerprint density at radius 2 is 1.71 bits per heavy atom.